The predicted octanol–water partition coefficient (Wildman–Crippen LogP) is 1.09. The zero-order chi connectivity index (χ0) is 14.3. The van der Waals surface area contributed by atoms with Crippen molar-refractivity contribution in [2.75, 3.05) is 31.6 Å². The molecule has 0 aromatic carbocycles. The van der Waals surface area contributed by atoms with Crippen LogP contribution >= 0.6 is 0 Å². The van der Waals surface area contributed by atoms with Crippen molar-refractivity contribution in [1.82, 2.24) is 14.9 Å². The van der Waals surface area contributed by atoms with Gasteiger partial charge < -0.3 is 9.80 Å². The summed E-state index contributed by atoms with van der Waals surface area (Å²) in [6.07, 6.45) is 2.94. The molecular formula is C14H19FN4O. The molecule has 5 nitrogen and oxygen atoms in total. The first-order chi connectivity index (χ1) is 9.61. The Balaban J connectivity index is 1.85. The predicted molar refractivity (Wildman–Crippen MR) is 72.8 cm³/mol. The van der Waals surface area contributed by atoms with Gasteiger partial charge in [-0.3, -0.25) is 4.79 Å². The van der Waals surface area contributed by atoms with Crippen LogP contribution in [0.4, 0.5) is 10.2 Å². The van der Waals surface area contributed by atoms with E-state index in [1.807, 2.05) is 18.9 Å². The third kappa shape index (κ3) is 2.03. The molecule has 0 aliphatic carbocycles. The number of piperidine rings is 1. The summed E-state index contributed by atoms with van der Waals surface area (Å²) in [7, 11) is 1.83. The van der Waals surface area contributed by atoms with Crippen LogP contribution in [0.2, 0.25) is 0 Å². The number of hydrogen-bond donors (Lipinski definition) is 0. The molecule has 3 rings (SSSR count). The van der Waals surface area contributed by atoms with E-state index in [9.17, 15) is 9.18 Å². The fraction of sp³-hybridized carbons (Fsp3) is 0.643. The zero-order valence-electron chi connectivity index (χ0n) is 11.8. The quantitative estimate of drug-likeness (QED) is 0.812. The van der Waals surface area contributed by atoms with E-state index in [0.717, 1.165) is 13.0 Å². The van der Waals surface area contributed by atoms with Crippen LogP contribution in [0, 0.1) is 17.7 Å². The highest BCUT2D eigenvalue weighted by Gasteiger charge is 2.42. The third-order valence-electron chi connectivity index (χ3n) is 4.45. The number of aromatic nitrogens is 2. The second-order valence-corrected chi connectivity index (χ2v) is 5.63. The number of anilines is 1. The van der Waals surface area contributed by atoms with Crippen molar-refractivity contribution in [2.24, 2.45) is 11.8 Å². The Morgan fingerprint density at radius 2 is 2.20 bits per heavy atom. The molecule has 108 valence electrons. The average Bonchev–Trinajstić information content (AvgIpc) is 2.88. The SMILES string of the molecule is CCc1ncnc(N2C[C@H]3CCN(C)C(=O)[C@H]3C2)c1F. The highest BCUT2D eigenvalue weighted by Crippen LogP contribution is 2.34. The van der Waals surface area contributed by atoms with Gasteiger partial charge in [0.25, 0.3) is 0 Å². The smallest absolute Gasteiger partial charge is 0.227 e. The topological polar surface area (TPSA) is 49.3 Å². The van der Waals surface area contributed by atoms with Gasteiger partial charge in [-0.05, 0) is 18.8 Å². The summed E-state index contributed by atoms with van der Waals surface area (Å²) in [5.74, 6) is 0.483. The minimum absolute atomic E-state index is 0.0202. The number of carbonyl (C=O) groups is 1. The number of nitrogens with zero attached hydrogens (tertiary/aromatic N) is 4. The number of amides is 1. The van der Waals surface area contributed by atoms with Gasteiger partial charge in [-0.25, -0.2) is 14.4 Å². The largest absolute Gasteiger partial charge is 0.353 e. The molecule has 1 aromatic heterocycles. The molecule has 0 radical (unpaired) electrons. The molecule has 0 unspecified atom stereocenters. The Labute approximate surface area is 117 Å². The first kappa shape index (κ1) is 13.3. The molecule has 1 aromatic rings. The van der Waals surface area contributed by atoms with Crippen LogP contribution in [0.5, 0.6) is 0 Å². The van der Waals surface area contributed by atoms with E-state index >= 15 is 0 Å². The molecule has 0 saturated carbocycles. The molecule has 0 spiro atoms. The second-order valence-electron chi connectivity index (χ2n) is 5.63. The van der Waals surface area contributed by atoms with Crippen LogP contribution < -0.4 is 4.90 Å². The molecule has 2 aliphatic heterocycles. The van der Waals surface area contributed by atoms with Crippen LogP contribution in [0.25, 0.3) is 0 Å². The van der Waals surface area contributed by atoms with Gasteiger partial charge in [-0.2, -0.15) is 0 Å². The van der Waals surface area contributed by atoms with Crippen molar-refractivity contribution in [1.29, 1.82) is 0 Å². The summed E-state index contributed by atoms with van der Waals surface area (Å²) >= 11 is 0. The van der Waals surface area contributed by atoms with E-state index in [0.29, 0.717) is 36.9 Å². The first-order valence-electron chi connectivity index (χ1n) is 7.11. The number of rotatable bonds is 2. The summed E-state index contributed by atoms with van der Waals surface area (Å²) in [5.41, 5.74) is 0.438. The van der Waals surface area contributed by atoms with Crippen LogP contribution in [0.3, 0.4) is 0 Å². The Morgan fingerprint density at radius 1 is 1.40 bits per heavy atom. The Kier molecular flexibility index (Phi) is 3.31. The molecule has 2 aliphatic rings. The van der Waals surface area contributed by atoms with E-state index in [2.05, 4.69) is 9.97 Å². The Hall–Kier alpha value is -1.72. The lowest BCUT2D eigenvalue weighted by atomic mass is 9.88. The fourth-order valence-electron chi connectivity index (χ4n) is 3.23. The normalized spacial score (nSPS) is 26.1. The van der Waals surface area contributed by atoms with E-state index in [4.69, 9.17) is 0 Å². The van der Waals surface area contributed by atoms with Crippen molar-refractivity contribution in [2.45, 2.75) is 19.8 Å². The van der Waals surface area contributed by atoms with Crippen molar-refractivity contribution in [3.63, 3.8) is 0 Å². The summed E-state index contributed by atoms with van der Waals surface area (Å²) in [6, 6.07) is 0. The maximum absolute atomic E-state index is 14.3. The van der Waals surface area contributed by atoms with Crippen molar-refractivity contribution >= 4 is 11.7 Å². The van der Waals surface area contributed by atoms with Gasteiger partial charge in [0.05, 0.1) is 11.6 Å². The summed E-state index contributed by atoms with van der Waals surface area (Å²) in [5, 5.41) is 0. The Bertz CT molecular complexity index is 536. The first-order valence-corrected chi connectivity index (χ1v) is 7.11. The fourth-order valence-corrected chi connectivity index (χ4v) is 3.23. The van der Waals surface area contributed by atoms with Crippen LogP contribution in [0.15, 0.2) is 6.33 Å². The lowest BCUT2D eigenvalue weighted by Crippen LogP contribution is -2.42. The monoisotopic (exact) mass is 278 g/mol. The summed E-state index contributed by atoms with van der Waals surface area (Å²) in [4.78, 5) is 23.9. The third-order valence-corrected chi connectivity index (χ3v) is 4.45. The maximum Gasteiger partial charge on any atom is 0.227 e. The Morgan fingerprint density at radius 3 is 2.95 bits per heavy atom. The van der Waals surface area contributed by atoms with Gasteiger partial charge in [0.15, 0.2) is 11.6 Å². The van der Waals surface area contributed by atoms with Crippen molar-refractivity contribution in [3.8, 4) is 0 Å². The second kappa shape index (κ2) is 5.00. The molecule has 1 amide bonds. The molecule has 3 heterocycles. The van der Waals surface area contributed by atoms with Gasteiger partial charge in [0, 0.05) is 26.7 Å². The molecule has 2 atom stereocenters. The average molecular weight is 278 g/mol. The van der Waals surface area contributed by atoms with Gasteiger partial charge in [0.2, 0.25) is 5.91 Å². The van der Waals surface area contributed by atoms with E-state index in [1.165, 1.54) is 6.33 Å². The molecule has 2 fully saturated rings. The van der Waals surface area contributed by atoms with Crippen LogP contribution in [-0.4, -0.2) is 47.5 Å². The van der Waals surface area contributed by atoms with Crippen molar-refractivity contribution < 1.29 is 9.18 Å². The standard InChI is InChI=1S/C14H19FN4O/c1-3-11-12(15)13(17-8-16-11)19-6-9-4-5-18(2)14(20)10(9)7-19/h8-10H,3-7H2,1-2H3/t9-,10+/m1/s1. The number of carbonyl (C=O) groups excluding carboxylic acids is 1. The number of halogens is 1. The lowest BCUT2D eigenvalue weighted by molar-refractivity contribution is -0.137. The highest BCUT2D eigenvalue weighted by atomic mass is 19.1. The van der Waals surface area contributed by atoms with E-state index in [-0.39, 0.29) is 17.6 Å². The molecule has 20 heavy (non-hydrogen) atoms. The molecule has 2 saturated heterocycles. The number of fused-ring (bicyclic) bond motifs is 1. The van der Waals surface area contributed by atoms with E-state index < -0.39 is 0 Å². The van der Waals surface area contributed by atoms with E-state index in [1.54, 1.807) is 4.90 Å². The molecule has 6 heteroatoms. The van der Waals surface area contributed by atoms with Crippen LogP contribution in [-0.2, 0) is 11.2 Å². The number of aryl methyl sites for hydroxylation is 1. The zero-order valence-corrected chi connectivity index (χ0v) is 11.8. The van der Waals surface area contributed by atoms with Gasteiger partial charge in [0.1, 0.15) is 6.33 Å². The molecule has 0 N–H and O–H groups in total. The van der Waals surface area contributed by atoms with Crippen LogP contribution in [0.1, 0.15) is 19.0 Å². The van der Waals surface area contributed by atoms with Gasteiger partial charge >= 0.3 is 0 Å². The van der Waals surface area contributed by atoms with Gasteiger partial charge in [-0.15, -0.1) is 0 Å². The maximum atomic E-state index is 14.3. The minimum Gasteiger partial charge on any atom is -0.353 e. The highest BCUT2D eigenvalue weighted by molar-refractivity contribution is 5.81. The van der Waals surface area contributed by atoms with Gasteiger partial charge in [-0.1, -0.05) is 6.92 Å². The number of hydrogen-bond acceptors (Lipinski definition) is 4. The summed E-state index contributed by atoms with van der Waals surface area (Å²) < 4.78 is 14.3. The summed E-state index contributed by atoms with van der Waals surface area (Å²) in [6.45, 7) is 3.93. The number of likely N-dealkylation sites (tertiary alicyclic amines) is 1. The van der Waals surface area contributed by atoms with Crippen molar-refractivity contribution in [3.05, 3.63) is 17.8 Å². The minimum atomic E-state index is -0.338. The molecule has 0 bridgehead atoms. The lowest BCUT2D eigenvalue weighted by Gasteiger charge is -2.30. The molecular weight excluding hydrogens is 259 g/mol.